The number of carbonyl (C=O) groups is 1. The highest BCUT2D eigenvalue weighted by Crippen LogP contribution is 2.14. The SMILES string of the molecule is CCC(C)(N)C(=O)Nc1ccc(-n2ccnc2C)nc1. The van der Waals surface area contributed by atoms with Gasteiger partial charge in [0.15, 0.2) is 0 Å². The van der Waals surface area contributed by atoms with Gasteiger partial charge in [-0.1, -0.05) is 6.92 Å². The molecule has 0 aliphatic rings. The molecule has 2 heterocycles. The maximum Gasteiger partial charge on any atom is 0.244 e. The lowest BCUT2D eigenvalue weighted by molar-refractivity contribution is -0.120. The van der Waals surface area contributed by atoms with Gasteiger partial charge in [-0.15, -0.1) is 0 Å². The van der Waals surface area contributed by atoms with E-state index in [2.05, 4.69) is 15.3 Å². The topological polar surface area (TPSA) is 85.8 Å². The number of hydrogen-bond acceptors (Lipinski definition) is 4. The molecule has 0 fully saturated rings. The van der Waals surface area contributed by atoms with Crippen LogP contribution in [0.1, 0.15) is 26.1 Å². The van der Waals surface area contributed by atoms with Crippen molar-refractivity contribution in [3.63, 3.8) is 0 Å². The molecular weight excluding hydrogens is 254 g/mol. The van der Waals surface area contributed by atoms with Gasteiger partial charge in [0.1, 0.15) is 11.6 Å². The van der Waals surface area contributed by atoms with Crippen LogP contribution < -0.4 is 11.1 Å². The Hall–Kier alpha value is -2.21. The Labute approximate surface area is 118 Å². The summed E-state index contributed by atoms with van der Waals surface area (Å²) in [6.45, 7) is 5.49. The average molecular weight is 273 g/mol. The molecule has 1 unspecified atom stereocenters. The number of nitrogens with one attached hydrogen (secondary N) is 1. The van der Waals surface area contributed by atoms with Gasteiger partial charge in [0, 0.05) is 12.4 Å². The van der Waals surface area contributed by atoms with Gasteiger partial charge in [-0.05, 0) is 32.4 Å². The molecule has 0 aliphatic carbocycles. The quantitative estimate of drug-likeness (QED) is 0.886. The highest BCUT2D eigenvalue weighted by atomic mass is 16.2. The fourth-order valence-electron chi connectivity index (χ4n) is 1.66. The smallest absolute Gasteiger partial charge is 0.244 e. The number of aromatic nitrogens is 3. The Balaban J connectivity index is 2.14. The molecule has 0 aromatic carbocycles. The third-order valence-corrected chi connectivity index (χ3v) is 3.33. The van der Waals surface area contributed by atoms with Crippen molar-refractivity contribution in [2.45, 2.75) is 32.7 Å². The van der Waals surface area contributed by atoms with E-state index in [1.807, 2.05) is 30.7 Å². The summed E-state index contributed by atoms with van der Waals surface area (Å²) >= 11 is 0. The molecule has 0 saturated heterocycles. The molecule has 20 heavy (non-hydrogen) atoms. The molecule has 0 radical (unpaired) electrons. The molecule has 0 bridgehead atoms. The van der Waals surface area contributed by atoms with E-state index < -0.39 is 5.54 Å². The van der Waals surface area contributed by atoms with Crippen LogP contribution in [-0.2, 0) is 4.79 Å². The minimum absolute atomic E-state index is 0.214. The monoisotopic (exact) mass is 273 g/mol. The number of nitrogens with zero attached hydrogens (tertiary/aromatic N) is 3. The van der Waals surface area contributed by atoms with E-state index in [9.17, 15) is 4.79 Å². The van der Waals surface area contributed by atoms with E-state index in [1.54, 1.807) is 25.4 Å². The third-order valence-electron chi connectivity index (χ3n) is 3.33. The van der Waals surface area contributed by atoms with Gasteiger partial charge in [0.2, 0.25) is 5.91 Å². The van der Waals surface area contributed by atoms with E-state index in [4.69, 9.17) is 5.73 Å². The second kappa shape index (κ2) is 5.42. The first-order chi connectivity index (χ1) is 9.44. The lowest BCUT2D eigenvalue weighted by Crippen LogP contribution is -2.47. The zero-order valence-corrected chi connectivity index (χ0v) is 11.9. The lowest BCUT2D eigenvalue weighted by atomic mass is 9.99. The minimum atomic E-state index is -0.875. The van der Waals surface area contributed by atoms with Gasteiger partial charge in [-0.3, -0.25) is 9.36 Å². The van der Waals surface area contributed by atoms with E-state index in [1.165, 1.54) is 0 Å². The molecule has 1 atom stereocenters. The number of aryl methyl sites for hydroxylation is 1. The van der Waals surface area contributed by atoms with Crippen molar-refractivity contribution in [1.29, 1.82) is 0 Å². The molecule has 6 heteroatoms. The van der Waals surface area contributed by atoms with Crippen LogP contribution in [-0.4, -0.2) is 26.0 Å². The average Bonchev–Trinajstić information content (AvgIpc) is 2.86. The Morgan fingerprint density at radius 1 is 1.45 bits per heavy atom. The summed E-state index contributed by atoms with van der Waals surface area (Å²) < 4.78 is 1.87. The van der Waals surface area contributed by atoms with E-state index in [-0.39, 0.29) is 5.91 Å². The fraction of sp³-hybridized carbons (Fsp3) is 0.357. The zero-order chi connectivity index (χ0) is 14.8. The maximum atomic E-state index is 12.0. The highest BCUT2D eigenvalue weighted by Gasteiger charge is 2.25. The Morgan fingerprint density at radius 3 is 2.70 bits per heavy atom. The normalized spacial score (nSPS) is 13.8. The summed E-state index contributed by atoms with van der Waals surface area (Å²) in [7, 11) is 0. The highest BCUT2D eigenvalue weighted by molar-refractivity contribution is 5.97. The predicted octanol–water partition coefficient (Wildman–Crippen LogP) is 1.64. The van der Waals surface area contributed by atoms with Crippen LogP contribution in [0.2, 0.25) is 0 Å². The molecule has 1 amide bonds. The van der Waals surface area contributed by atoms with Gasteiger partial charge in [0.05, 0.1) is 17.4 Å². The van der Waals surface area contributed by atoms with Crippen molar-refractivity contribution in [3.8, 4) is 5.82 Å². The molecule has 0 saturated carbocycles. The van der Waals surface area contributed by atoms with Crippen LogP contribution in [0, 0.1) is 6.92 Å². The summed E-state index contributed by atoms with van der Waals surface area (Å²) in [5.74, 6) is 1.40. The van der Waals surface area contributed by atoms with Gasteiger partial charge < -0.3 is 11.1 Å². The van der Waals surface area contributed by atoms with Crippen molar-refractivity contribution in [2.24, 2.45) is 5.73 Å². The summed E-state index contributed by atoms with van der Waals surface area (Å²) in [5, 5.41) is 2.77. The number of amides is 1. The standard InChI is InChI=1S/C14H19N5O/c1-4-14(3,15)13(20)18-11-5-6-12(17-9-11)19-8-7-16-10(19)2/h5-9H,4,15H2,1-3H3,(H,18,20). The van der Waals surface area contributed by atoms with E-state index in [0.717, 1.165) is 11.6 Å². The van der Waals surface area contributed by atoms with Gasteiger partial charge in [-0.25, -0.2) is 9.97 Å². The molecule has 0 aliphatic heterocycles. The van der Waals surface area contributed by atoms with Crippen LogP contribution in [0.4, 0.5) is 5.69 Å². The first-order valence-electron chi connectivity index (χ1n) is 6.51. The molecule has 2 aromatic heterocycles. The van der Waals surface area contributed by atoms with Gasteiger partial charge in [-0.2, -0.15) is 0 Å². The number of rotatable bonds is 4. The van der Waals surface area contributed by atoms with Gasteiger partial charge in [0.25, 0.3) is 0 Å². The molecule has 3 N–H and O–H groups in total. The zero-order valence-electron chi connectivity index (χ0n) is 11.9. The minimum Gasteiger partial charge on any atom is -0.323 e. The lowest BCUT2D eigenvalue weighted by Gasteiger charge is -2.21. The predicted molar refractivity (Wildman–Crippen MR) is 77.6 cm³/mol. The van der Waals surface area contributed by atoms with Crippen LogP contribution in [0.25, 0.3) is 5.82 Å². The molecule has 0 spiro atoms. The summed E-state index contributed by atoms with van der Waals surface area (Å²) in [4.78, 5) is 20.4. The Bertz CT molecular complexity index is 600. The Morgan fingerprint density at radius 2 is 2.20 bits per heavy atom. The van der Waals surface area contributed by atoms with Crippen LogP contribution in [0.15, 0.2) is 30.7 Å². The number of hydrogen-bond donors (Lipinski definition) is 2. The van der Waals surface area contributed by atoms with Crippen LogP contribution in [0.3, 0.4) is 0 Å². The fourth-order valence-corrected chi connectivity index (χ4v) is 1.66. The largest absolute Gasteiger partial charge is 0.323 e. The van der Waals surface area contributed by atoms with Crippen molar-refractivity contribution in [1.82, 2.24) is 14.5 Å². The molecular formula is C14H19N5O. The van der Waals surface area contributed by atoms with Crippen LogP contribution >= 0.6 is 0 Å². The molecule has 2 rings (SSSR count). The first-order valence-corrected chi connectivity index (χ1v) is 6.51. The number of pyridine rings is 1. The van der Waals surface area contributed by atoms with Gasteiger partial charge >= 0.3 is 0 Å². The number of carbonyl (C=O) groups excluding carboxylic acids is 1. The van der Waals surface area contributed by atoms with Crippen LogP contribution in [0.5, 0.6) is 0 Å². The molecule has 2 aromatic rings. The van der Waals surface area contributed by atoms with Crippen molar-refractivity contribution in [3.05, 3.63) is 36.5 Å². The number of nitrogens with two attached hydrogens (primary N) is 1. The first kappa shape index (κ1) is 14.2. The second-order valence-electron chi connectivity index (χ2n) is 4.97. The third kappa shape index (κ3) is 2.85. The van der Waals surface area contributed by atoms with Crippen molar-refractivity contribution in [2.75, 3.05) is 5.32 Å². The maximum absolute atomic E-state index is 12.0. The summed E-state index contributed by atoms with van der Waals surface area (Å²) in [5.41, 5.74) is 5.64. The summed E-state index contributed by atoms with van der Waals surface area (Å²) in [6, 6.07) is 3.62. The number of imidazole rings is 1. The summed E-state index contributed by atoms with van der Waals surface area (Å²) in [6.07, 6.45) is 5.73. The Kier molecular flexibility index (Phi) is 3.85. The van der Waals surface area contributed by atoms with Crippen molar-refractivity contribution >= 4 is 11.6 Å². The molecule has 106 valence electrons. The van der Waals surface area contributed by atoms with E-state index >= 15 is 0 Å². The number of anilines is 1. The van der Waals surface area contributed by atoms with Crippen molar-refractivity contribution < 1.29 is 4.79 Å². The molecule has 6 nitrogen and oxygen atoms in total. The second-order valence-corrected chi connectivity index (χ2v) is 4.97. The van der Waals surface area contributed by atoms with E-state index in [0.29, 0.717) is 12.1 Å².